The molecule has 0 aliphatic carbocycles. The van der Waals surface area contributed by atoms with E-state index < -0.39 is 0 Å². The van der Waals surface area contributed by atoms with Gasteiger partial charge in [0.2, 0.25) is 0 Å². The number of benzene rings is 1. The van der Waals surface area contributed by atoms with Crippen molar-refractivity contribution >= 4 is 22.5 Å². The quantitative estimate of drug-likeness (QED) is 0.567. The van der Waals surface area contributed by atoms with E-state index in [1.165, 1.54) is 6.07 Å². The Bertz CT molecular complexity index is 928. The largest absolute Gasteiger partial charge is 0.271 e. The summed E-state index contributed by atoms with van der Waals surface area (Å²) in [6.07, 6.45) is 2.33. The maximum absolute atomic E-state index is 13.4. The number of nitrogens with zero attached hydrogens (tertiary/aromatic N) is 3. The molecule has 0 amide bonds. The molecular weight excluding hydrogens is 297 g/mol. The molecule has 0 N–H and O–H groups in total. The third-order valence-corrected chi connectivity index (χ3v) is 4.32. The Labute approximate surface area is 130 Å². The van der Waals surface area contributed by atoms with Crippen molar-refractivity contribution in [2.45, 2.75) is 6.42 Å². The Balaban J connectivity index is 1.88. The monoisotopic (exact) mass is 309 g/mol. The van der Waals surface area contributed by atoms with Crippen molar-refractivity contribution < 1.29 is 4.39 Å². The van der Waals surface area contributed by atoms with Gasteiger partial charge in [-0.2, -0.15) is 0 Å². The van der Waals surface area contributed by atoms with Crippen LogP contribution in [0.25, 0.3) is 16.2 Å². The van der Waals surface area contributed by atoms with Gasteiger partial charge in [-0.15, -0.1) is 11.3 Å². The molecule has 0 atom stereocenters. The zero-order chi connectivity index (χ0) is 14.9. The van der Waals surface area contributed by atoms with Gasteiger partial charge in [0.05, 0.1) is 0 Å². The Hall–Kier alpha value is -2.53. The minimum atomic E-state index is -0.227. The van der Waals surface area contributed by atoms with Crippen molar-refractivity contribution in [3.63, 3.8) is 0 Å². The lowest BCUT2D eigenvalue weighted by molar-refractivity contribution is 0.625. The third kappa shape index (κ3) is 2.29. The highest BCUT2D eigenvalue weighted by Gasteiger charge is 2.14. The zero-order valence-electron chi connectivity index (χ0n) is 11.6. The molecule has 1 aromatic carbocycles. The molecule has 3 heterocycles. The van der Waals surface area contributed by atoms with Gasteiger partial charge in [0.15, 0.2) is 5.65 Å². The Morgan fingerprint density at radius 3 is 2.86 bits per heavy atom. The van der Waals surface area contributed by atoms with Crippen molar-refractivity contribution in [2.75, 3.05) is 0 Å². The molecule has 0 bridgehead atoms. The van der Waals surface area contributed by atoms with Crippen LogP contribution in [0.4, 0.5) is 4.39 Å². The first-order valence-electron chi connectivity index (χ1n) is 6.92. The number of fused-ring (bicyclic) bond motifs is 1. The van der Waals surface area contributed by atoms with E-state index in [1.807, 2.05) is 40.3 Å². The van der Waals surface area contributed by atoms with Crippen LogP contribution in [0.2, 0.25) is 0 Å². The predicted octanol–water partition coefficient (Wildman–Crippen LogP) is 4.21. The average molecular weight is 309 g/mol. The van der Waals surface area contributed by atoms with E-state index >= 15 is 0 Å². The molecule has 0 saturated heterocycles. The fourth-order valence-corrected chi connectivity index (χ4v) is 3.29. The van der Waals surface area contributed by atoms with Gasteiger partial charge in [0, 0.05) is 12.6 Å². The highest BCUT2D eigenvalue weighted by atomic mass is 32.1. The van der Waals surface area contributed by atoms with Gasteiger partial charge in [0.25, 0.3) is 0 Å². The van der Waals surface area contributed by atoms with Gasteiger partial charge in [-0.1, -0.05) is 12.1 Å². The Kier molecular flexibility index (Phi) is 3.20. The number of thiophene rings is 1. The maximum Gasteiger partial charge on any atom is 0.165 e. The van der Waals surface area contributed by atoms with Crippen LogP contribution in [0.3, 0.4) is 0 Å². The van der Waals surface area contributed by atoms with Crippen molar-refractivity contribution in [3.05, 3.63) is 77.3 Å². The van der Waals surface area contributed by atoms with Gasteiger partial charge >= 0.3 is 0 Å². The second-order valence-electron chi connectivity index (χ2n) is 4.97. The lowest BCUT2D eigenvalue weighted by Gasteiger charge is -2.06. The lowest BCUT2D eigenvalue weighted by atomic mass is 10.1. The van der Waals surface area contributed by atoms with Gasteiger partial charge in [-0.25, -0.2) is 14.4 Å². The second kappa shape index (κ2) is 5.35. The van der Waals surface area contributed by atoms with Crippen LogP contribution in [0.15, 0.2) is 60.1 Å². The van der Waals surface area contributed by atoms with E-state index in [2.05, 4.69) is 9.97 Å². The number of aromatic nitrogens is 3. The predicted molar refractivity (Wildman–Crippen MR) is 85.9 cm³/mol. The molecule has 0 fully saturated rings. The van der Waals surface area contributed by atoms with Crippen LogP contribution < -0.4 is 0 Å². The van der Waals surface area contributed by atoms with E-state index in [9.17, 15) is 4.39 Å². The second-order valence-corrected chi connectivity index (χ2v) is 5.89. The highest BCUT2D eigenvalue weighted by Crippen LogP contribution is 2.24. The Morgan fingerprint density at radius 2 is 2.05 bits per heavy atom. The maximum atomic E-state index is 13.4. The smallest absolute Gasteiger partial charge is 0.165 e. The Morgan fingerprint density at radius 1 is 1.09 bits per heavy atom. The average Bonchev–Trinajstić information content (AvgIpc) is 3.13. The minimum absolute atomic E-state index is 0.227. The lowest BCUT2D eigenvalue weighted by Crippen LogP contribution is -2.01. The number of hydrogen-bond donors (Lipinski definition) is 0. The highest BCUT2D eigenvalue weighted by molar-refractivity contribution is 7.12. The summed E-state index contributed by atoms with van der Waals surface area (Å²) in [6, 6.07) is 14.5. The fraction of sp³-hybridized carbons (Fsp3) is 0.0588. The molecule has 0 aliphatic rings. The van der Waals surface area contributed by atoms with E-state index in [-0.39, 0.29) is 5.82 Å². The molecule has 4 rings (SSSR count). The van der Waals surface area contributed by atoms with E-state index in [1.54, 1.807) is 29.7 Å². The summed E-state index contributed by atoms with van der Waals surface area (Å²) in [6.45, 7) is 0. The van der Waals surface area contributed by atoms with Gasteiger partial charge < -0.3 is 0 Å². The summed E-state index contributed by atoms with van der Waals surface area (Å²) in [7, 11) is 0. The molecule has 22 heavy (non-hydrogen) atoms. The molecule has 0 spiro atoms. The molecule has 0 radical (unpaired) electrons. The normalized spacial score (nSPS) is 11.1. The van der Waals surface area contributed by atoms with Crippen LogP contribution in [0.5, 0.6) is 0 Å². The molecule has 0 aliphatic heterocycles. The summed E-state index contributed by atoms with van der Waals surface area (Å²) in [5.74, 6) is 0.635. The number of imidazole rings is 1. The molecule has 5 heteroatoms. The van der Waals surface area contributed by atoms with Gasteiger partial charge in [0.1, 0.15) is 22.2 Å². The van der Waals surface area contributed by atoms with Crippen LogP contribution in [0, 0.1) is 5.82 Å². The molecular formula is C17H12FN3S. The SMILES string of the molecule is Fc1cccc(Cc2nc3cccnc3n2-c2cccs2)c1. The van der Waals surface area contributed by atoms with Crippen LogP contribution in [-0.2, 0) is 6.42 Å². The zero-order valence-corrected chi connectivity index (χ0v) is 12.4. The molecule has 0 unspecified atom stereocenters. The van der Waals surface area contributed by atoms with Crippen molar-refractivity contribution in [1.29, 1.82) is 0 Å². The van der Waals surface area contributed by atoms with Crippen LogP contribution in [0.1, 0.15) is 11.4 Å². The van der Waals surface area contributed by atoms with Crippen molar-refractivity contribution in [2.24, 2.45) is 0 Å². The summed E-state index contributed by atoms with van der Waals surface area (Å²) in [4.78, 5) is 9.13. The number of halogens is 1. The van der Waals surface area contributed by atoms with E-state index in [4.69, 9.17) is 0 Å². The summed E-state index contributed by atoms with van der Waals surface area (Å²) in [5.41, 5.74) is 2.58. The first kappa shape index (κ1) is 13.2. The van der Waals surface area contributed by atoms with E-state index in [0.29, 0.717) is 6.42 Å². The molecule has 0 saturated carbocycles. The van der Waals surface area contributed by atoms with E-state index in [0.717, 1.165) is 27.6 Å². The number of pyridine rings is 1. The summed E-state index contributed by atoms with van der Waals surface area (Å²) < 4.78 is 15.5. The van der Waals surface area contributed by atoms with Crippen molar-refractivity contribution in [3.8, 4) is 5.00 Å². The summed E-state index contributed by atoms with van der Waals surface area (Å²) in [5, 5.41) is 3.09. The van der Waals surface area contributed by atoms with Crippen LogP contribution in [-0.4, -0.2) is 14.5 Å². The summed E-state index contributed by atoms with van der Waals surface area (Å²) >= 11 is 1.63. The van der Waals surface area contributed by atoms with Gasteiger partial charge in [-0.05, 0) is 47.3 Å². The van der Waals surface area contributed by atoms with Gasteiger partial charge in [-0.3, -0.25) is 4.57 Å². The molecule has 4 aromatic rings. The number of rotatable bonds is 3. The third-order valence-electron chi connectivity index (χ3n) is 3.46. The fourth-order valence-electron chi connectivity index (χ4n) is 2.54. The first-order chi connectivity index (χ1) is 10.8. The number of hydrogen-bond acceptors (Lipinski definition) is 3. The standard InChI is InChI=1S/C17H12FN3S/c18-13-5-1-4-12(10-13)11-15-20-14-6-2-8-19-17(14)21(15)16-7-3-9-22-16/h1-10H,11H2. The minimum Gasteiger partial charge on any atom is -0.271 e. The van der Waals surface area contributed by atoms with Crippen molar-refractivity contribution in [1.82, 2.24) is 14.5 Å². The first-order valence-corrected chi connectivity index (χ1v) is 7.80. The molecule has 3 aromatic heterocycles. The topological polar surface area (TPSA) is 30.7 Å². The van der Waals surface area contributed by atoms with Crippen LogP contribution >= 0.6 is 11.3 Å². The molecule has 3 nitrogen and oxygen atoms in total. The molecule has 108 valence electrons.